The van der Waals surface area contributed by atoms with Crippen LogP contribution in [0.25, 0.3) is 0 Å². The maximum atomic E-state index is 13.7. The predicted octanol–water partition coefficient (Wildman–Crippen LogP) is 2.66. The maximum Gasteiger partial charge on any atom is 0.330 e. The highest BCUT2D eigenvalue weighted by Crippen LogP contribution is 2.27. The van der Waals surface area contributed by atoms with Crippen LogP contribution in [0.4, 0.5) is 11.5 Å². The summed E-state index contributed by atoms with van der Waals surface area (Å²) < 4.78 is 1.32. The molecule has 0 saturated carbocycles. The second-order valence-corrected chi connectivity index (χ2v) is 9.83. The Labute approximate surface area is 205 Å². The molecule has 1 aromatic carbocycles. The van der Waals surface area contributed by atoms with Gasteiger partial charge in [0.25, 0.3) is 5.56 Å². The summed E-state index contributed by atoms with van der Waals surface area (Å²) in [7, 11) is 0. The molecule has 190 valence electrons. The average Bonchev–Trinajstić information content (AvgIpc) is 3.16. The predicted molar refractivity (Wildman–Crippen MR) is 137 cm³/mol. The Balaban J connectivity index is 1.90. The van der Waals surface area contributed by atoms with Gasteiger partial charge in [-0.3, -0.25) is 23.9 Å². The molecule has 1 atom stereocenters. The van der Waals surface area contributed by atoms with E-state index in [0.717, 1.165) is 17.5 Å². The maximum absolute atomic E-state index is 13.7. The van der Waals surface area contributed by atoms with E-state index in [1.54, 1.807) is 4.90 Å². The molecule has 3 rings (SSSR count). The molecule has 9 nitrogen and oxygen atoms in total. The summed E-state index contributed by atoms with van der Waals surface area (Å²) >= 11 is 0. The highest BCUT2D eigenvalue weighted by molar-refractivity contribution is 6.00. The van der Waals surface area contributed by atoms with Crippen molar-refractivity contribution >= 4 is 23.3 Å². The number of aromatic nitrogens is 2. The average molecular weight is 484 g/mol. The standard InChI is InChI=1S/C26H37N5O4/c1-5-6-12-31-23(27)22(24(33)28-26(31)35)30(13-11-17(2)3)25(34)20-14-21(32)29(16-20)15-19-9-7-18(4)8-10-19/h7-10,17,20H,5-6,11-16,27H2,1-4H3,(H,28,33,35)/t20-/m0/s1. The molecule has 2 amide bonds. The number of nitrogens with two attached hydrogens (primary N) is 1. The number of nitrogens with one attached hydrogen (secondary N) is 1. The first-order valence-corrected chi connectivity index (χ1v) is 12.4. The van der Waals surface area contributed by atoms with E-state index in [1.165, 1.54) is 9.47 Å². The smallest absolute Gasteiger partial charge is 0.330 e. The first-order valence-electron chi connectivity index (χ1n) is 12.4. The summed E-state index contributed by atoms with van der Waals surface area (Å²) in [5, 5.41) is 0. The molecule has 1 aliphatic rings. The minimum atomic E-state index is -0.682. The van der Waals surface area contributed by atoms with Gasteiger partial charge in [0.1, 0.15) is 5.82 Å². The third kappa shape index (κ3) is 6.21. The number of hydrogen-bond donors (Lipinski definition) is 2. The van der Waals surface area contributed by atoms with Crippen LogP contribution in [-0.2, 0) is 22.7 Å². The first-order chi connectivity index (χ1) is 16.6. The minimum Gasteiger partial charge on any atom is -0.383 e. The van der Waals surface area contributed by atoms with Crippen molar-refractivity contribution in [2.45, 2.75) is 66.5 Å². The third-order valence-corrected chi connectivity index (χ3v) is 6.47. The number of H-pyrrole nitrogens is 1. The normalized spacial score (nSPS) is 15.7. The fourth-order valence-electron chi connectivity index (χ4n) is 4.32. The number of rotatable bonds is 10. The van der Waals surface area contributed by atoms with Gasteiger partial charge in [-0.05, 0) is 31.2 Å². The van der Waals surface area contributed by atoms with Crippen molar-refractivity contribution in [2.24, 2.45) is 11.8 Å². The van der Waals surface area contributed by atoms with Gasteiger partial charge in [0.05, 0.1) is 5.92 Å². The fourth-order valence-corrected chi connectivity index (χ4v) is 4.32. The Morgan fingerprint density at radius 2 is 1.89 bits per heavy atom. The van der Waals surface area contributed by atoms with Gasteiger partial charge in [0.15, 0.2) is 5.69 Å². The topological polar surface area (TPSA) is 121 Å². The van der Waals surface area contributed by atoms with E-state index in [2.05, 4.69) is 4.98 Å². The number of carbonyl (C=O) groups is 2. The molecule has 0 spiro atoms. The Hall–Kier alpha value is -3.36. The lowest BCUT2D eigenvalue weighted by molar-refractivity contribution is -0.128. The van der Waals surface area contributed by atoms with Crippen LogP contribution < -0.4 is 21.9 Å². The number of hydrogen-bond acceptors (Lipinski definition) is 5. The number of amides is 2. The van der Waals surface area contributed by atoms with E-state index >= 15 is 0 Å². The van der Waals surface area contributed by atoms with Crippen LogP contribution in [0.15, 0.2) is 33.9 Å². The quantitative estimate of drug-likeness (QED) is 0.538. The monoisotopic (exact) mass is 483 g/mol. The fraction of sp³-hybridized carbons (Fsp3) is 0.538. The molecule has 0 bridgehead atoms. The SMILES string of the molecule is CCCCn1c(N)c(N(CCC(C)C)C(=O)[C@H]2CC(=O)N(Cc3ccc(C)cc3)C2)c(=O)[nH]c1=O. The largest absolute Gasteiger partial charge is 0.383 e. The van der Waals surface area contributed by atoms with Crippen molar-refractivity contribution in [3.63, 3.8) is 0 Å². The molecule has 2 aromatic rings. The lowest BCUT2D eigenvalue weighted by Crippen LogP contribution is -2.44. The number of anilines is 2. The van der Waals surface area contributed by atoms with Crippen molar-refractivity contribution < 1.29 is 9.59 Å². The molecule has 1 saturated heterocycles. The molecule has 35 heavy (non-hydrogen) atoms. The Kier molecular flexibility index (Phi) is 8.53. The highest BCUT2D eigenvalue weighted by Gasteiger charge is 2.38. The Morgan fingerprint density at radius 1 is 1.20 bits per heavy atom. The second-order valence-electron chi connectivity index (χ2n) is 9.83. The molecule has 9 heteroatoms. The summed E-state index contributed by atoms with van der Waals surface area (Å²) in [5.41, 5.74) is 7.18. The van der Waals surface area contributed by atoms with Gasteiger partial charge in [0, 0.05) is 32.6 Å². The number of carbonyl (C=O) groups excluding carboxylic acids is 2. The number of unbranched alkanes of at least 4 members (excludes halogenated alkanes) is 1. The van der Waals surface area contributed by atoms with Gasteiger partial charge < -0.3 is 15.5 Å². The van der Waals surface area contributed by atoms with Crippen molar-refractivity contribution in [3.05, 3.63) is 56.2 Å². The van der Waals surface area contributed by atoms with Crippen LogP contribution in [0, 0.1) is 18.8 Å². The van der Waals surface area contributed by atoms with Crippen LogP contribution >= 0.6 is 0 Å². The zero-order chi connectivity index (χ0) is 25.7. The molecule has 0 unspecified atom stereocenters. The number of aromatic amines is 1. The minimum absolute atomic E-state index is 0.00390. The number of nitrogens with zero attached hydrogens (tertiary/aromatic N) is 3. The lowest BCUT2D eigenvalue weighted by atomic mass is 10.0. The van der Waals surface area contributed by atoms with Gasteiger partial charge in [-0.15, -0.1) is 0 Å². The van der Waals surface area contributed by atoms with Crippen LogP contribution in [0.1, 0.15) is 57.6 Å². The number of nitrogen functional groups attached to an aromatic ring is 1. The number of benzene rings is 1. The number of likely N-dealkylation sites (tertiary alicyclic amines) is 1. The van der Waals surface area contributed by atoms with Gasteiger partial charge in [-0.1, -0.05) is 57.0 Å². The van der Waals surface area contributed by atoms with Crippen molar-refractivity contribution in [2.75, 3.05) is 23.7 Å². The van der Waals surface area contributed by atoms with E-state index in [1.807, 2.05) is 52.0 Å². The van der Waals surface area contributed by atoms with E-state index in [4.69, 9.17) is 5.73 Å². The Morgan fingerprint density at radius 3 is 2.51 bits per heavy atom. The summed E-state index contributed by atoms with van der Waals surface area (Å²) in [4.78, 5) is 57.1. The second kappa shape index (κ2) is 11.4. The molecule has 0 radical (unpaired) electrons. The van der Waals surface area contributed by atoms with Crippen molar-refractivity contribution in [1.82, 2.24) is 14.5 Å². The summed E-state index contributed by atoms with van der Waals surface area (Å²) in [6, 6.07) is 7.95. The zero-order valence-corrected chi connectivity index (χ0v) is 21.2. The van der Waals surface area contributed by atoms with Crippen molar-refractivity contribution in [3.8, 4) is 0 Å². The van der Waals surface area contributed by atoms with Gasteiger partial charge >= 0.3 is 5.69 Å². The molecule has 1 aliphatic heterocycles. The molecule has 1 aromatic heterocycles. The lowest BCUT2D eigenvalue weighted by Gasteiger charge is -2.27. The zero-order valence-electron chi connectivity index (χ0n) is 21.2. The summed E-state index contributed by atoms with van der Waals surface area (Å²) in [6.07, 6.45) is 2.28. The summed E-state index contributed by atoms with van der Waals surface area (Å²) in [6.45, 7) is 9.38. The Bertz CT molecular complexity index is 1170. The van der Waals surface area contributed by atoms with Crippen LogP contribution in [0.5, 0.6) is 0 Å². The molecule has 1 fully saturated rings. The summed E-state index contributed by atoms with van der Waals surface area (Å²) in [5.74, 6) is -0.731. The van der Waals surface area contributed by atoms with E-state index in [9.17, 15) is 19.2 Å². The third-order valence-electron chi connectivity index (χ3n) is 6.47. The number of aryl methyl sites for hydroxylation is 1. The molecule has 3 N–H and O–H groups in total. The molecular weight excluding hydrogens is 446 g/mol. The van der Waals surface area contributed by atoms with Gasteiger partial charge in [-0.2, -0.15) is 0 Å². The van der Waals surface area contributed by atoms with E-state index < -0.39 is 17.2 Å². The van der Waals surface area contributed by atoms with Gasteiger partial charge in [0.2, 0.25) is 11.8 Å². The molecule has 2 heterocycles. The van der Waals surface area contributed by atoms with Crippen LogP contribution in [0.3, 0.4) is 0 Å². The van der Waals surface area contributed by atoms with Gasteiger partial charge in [-0.25, -0.2) is 4.79 Å². The van der Waals surface area contributed by atoms with E-state index in [-0.39, 0.29) is 48.7 Å². The molecular formula is C26H37N5O4. The van der Waals surface area contributed by atoms with E-state index in [0.29, 0.717) is 25.9 Å². The first kappa shape index (κ1) is 26.2. The van der Waals surface area contributed by atoms with Crippen LogP contribution in [-0.4, -0.2) is 39.4 Å². The van der Waals surface area contributed by atoms with Crippen molar-refractivity contribution in [1.29, 1.82) is 0 Å². The highest BCUT2D eigenvalue weighted by atomic mass is 16.2. The van der Waals surface area contributed by atoms with Crippen LogP contribution in [0.2, 0.25) is 0 Å². The molecule has 0 aliphatic carbocycles.